The Labute approximate surface area is 138 Å². The average Bonchev–Trinajstić information content (AvgIpc) is 2.43. The van der Waals surface area contributed by atoms with Crippen LogP contribution in [-0.2, 0) is 20.7 Å². The monoisotopic (exact) mass is 320 g/mol. The van der Waals surface area contributed by atoms with Crippen molar-refractivity contribution in [1.29, 1.82) is 0 Å². The summed E-state index contributed by atoms with van der Waals surface area (Å²) in [5.41, 5.74) is 6.77. The molecule has 23 heavy (non-hydrogen) atoms. The number of benzene rings is 1. The third kappa shape index (κ3) is 7.19. The second-order valence-electron chi connectivity index (χ2n) is 6.34. The third-order valence-corrected chi connectivity index (χ3v) is 3.09. The number of hydrogen-bond acceptors (Lipinski definition) is 6. The largest absolute Gasteiger partial charge is 0.496 e. The lowest BCUT2D eigenvalue weighted by molar-refractivity contribution is -0.155. The quantitative estimate of drug-likeness (QED) is 0.322. The Morgan fingerprint density at radius 2 is 2.13 bits per heavy atom. The fraction of sp³-hybridized carbons (Fsp3) is 0.500. The Kier molecular flexibility index (Phi) is 7.09. The Balaban J connectivity index is 2.84. The summed E-state index contributed by atoms with van der Waals surface area (Å²) >= 11 is 0. The predicted octanol–water partition coefficient (Wildman–Crippen LogP) is 1.05. The molecule has 1 aromatic carbocycles. The maximum atomic E-state index is 12.0. The first-order valence-corrected chi connectivity index (χ1v) is 7.56. The van der Waals surface area contributed by atoms with Gasteiger partial charge >= 0.3 is 5.97 Å². The van der Waals surface area contributed by atoms with Crippen LogP contribution < -0.4 is 15.7 Å². The van der Waals surface area contributed by atoms with E-state index in [0.717, 1.165) is 11.7 Å². The average molecular weight is 320 g/mol. The van der Waals surface area contributed by atoms with Gasteiger partial charge in [0.2, 0.25) is 0 Å². The molecule has 0 fully saturated rings. The van der Waals surface area contributed by atoms with Gasteiger partial charge in [0, 0.05) is 11.7 Å². The van der Waals surface area contributed by atoms with E-state index in [0.29, 0.717) is 17.9 Å². The second-order valence-corrected chi connectivity index (χ2v) is 6.34. The van der Waals surface area contributed by atoms with Gasteiger partial charge in [-0.25, -0.2) is 0 Å². The fourth-order valence-corrected chi connectivity index (χ4v) is 2.24. The van der Waals surface area contributed by atoms with Crippen molar-refractivity contribution in [3.05, 3.63) is 23.8 Å². The molecule has 126 valence electrons. The summed E-state index contributed by atoms with van der Waals surface area (Å²) in [6, 6.07) is 5.11. The minimum absolute atomic E-state index is 0.156. The molecule has 0 heterocycles. The molecular weight excluding hydrogens is 295 g/mol. The van der Waals surface area contributed by atoms with Crippen molar-refractivity contribution in [1.82, 2.24) is 5.23 Å². The van der Waals surface area contributed by atoms with E-state index in [9.17, 15) is 9.59 Å². The van der Waals surface area contributed by atoms with E-state index in [1.54, 1.807) is 19.2 Å². The van der Waals surface area contributed by atoms with Crippen molar-refractivity contribution < 1.29 is 19.1 Å². The van der Waals surface area contributed by atoms with Crippen molar-refractivity contribution in [2.75, 3.05) is 12.8 Å². The van der Waals surface area contributed by atoms with Gasteiger partial charge in [-0.1, -0.05) is 0 Å². The first-order chi connectivity index (χ1) is 10.7. The number of methoxy groups -OCH3 is 1. The molecule has 0 spiro atoms. The number of anilines is 1. The van der Waals surface area contributed by atoms with Gasteiger partial charge in [-0.3, -0.25) is 4.79 Å². The molecule has 3 N–H and O–H groups in total. The normalized spacial score (nSPS) is 12.3. The number of hydrogen-bond donors (Lipinski definition) is 2. The van der Waals surface area contributed by atoms with Crippen LogP contribution in [0.1, 0.15) is 32.8 Å². The van der Waals surface area contributed by atoms with E-state index < -0.39 is 5.60 Å². The van der Waals surface area contributed by atoms with Crippen LogP contribution in [-0.4, -0.2) is 38.3 Å². The van der Waals surface area contributed by atoms with Crippen LogP contribution in [0.15, 0.2) is 18.2 Å². The molecule has 1 atom stereocenters. The Bertz CT molecular complexity index is 543. The molecule has 0 saturated heterocycles. The van der Waals surface area contributed by atoms with E-state index in [1.165, 1.54) is 0 Å². The highest BCUT2D eigenvalue weighted by atomic mass is 16.6. The molecule has 0 bridgehead atoms. The first kappa shape index (κ1) is 19.0. The minimum atomic E-state index is -0.541. The van der Waals surface area contributed by atoms with Crippen molar-refractivity contribution in [3.63, 3.8) is 0 Å². The maximum Gasteiger partial charge on any atom is 0.307 e. The van der Waals surface area contributed by atoms with Gasteiger partial charge in [0.1, 0.15) is 11.4 Å². The Morgan fingerprint density at radius 1 is 1.43 bits per heavy atom. The molecule has 0 aromatic heterocycles. The third-order valence-electron chi connectivity index (χ3n) is 3.09. The number of rotatable bonds is 8. The predicted molar refractivity (Wildman–Crippen MR) is 92.4 cm³/mol. The zero-order chi connectivity index (χ0) is 17.5. The highest BCUT2D eigenvalue weighted by Crippen LogP contribution is 2.23. The van der Waals surface area contributed by atoms with E-state index >= 15 is 0 Å². The van der Waals surface area contributed by atoms with Crippen LogP contribution in [0.25, 0.3) is 0 Å². The van der Waals surface area contributed by atoms with Crippen LogP contribution in [0.3, 0.4) is 0 Å². The number of carbonyl (C=O) groups is 2. The number of nitrogen functional groups attached to an aromatic ring is 1. The Morgan fingerprint density at radius 3 is 2.70 bits per heavy atom. The van der Waals surface area contributed by atoms with Crippen molar-refractivity contribution in [2.24, 2.45) is 0 Å². The van der Waals surface area contributed by atoms with E-state index in [4.69, 9.17) is 15.2 Å². The molecule has 0 saturated carbocycles. The molecule has 1 aromatic rings. The molecule has 6 nitrogen and oxygen atoms in total. The topological polar surface area (TPSA) is 90.7 Å². The summed E-state index contributed by atoms with van der Waals surface area (Å²) in [7, 11) is 1.74. The summed E-state index contributed by atoms with van der Waals surface area (Å²) in [5, 5.41) is 3.04. The van der Waals surface area contributed by atoms with E-state index in [2.05, 4.69) is 5.23 Å². The van der Waals surface area contributed by atoms with Crippen molar-refractivity contribution >= 4 is 25.3 Å². The van der Waals surface area contributed by atoms with Crippen LogP contribution in [0.2, 0.25) is 0 Å². The lowest BCUT2D eigenvalue weighted by Gasteiger charge is -2.23. The smallest absolute Gasteiger partial charge is 0.307 e. The van der Waals surface area contributed by atoms with Gasteiger partial charge in [0.25, 0.3) is 7.41 Å². The molecule has 0 amide bonds. The van der Waals surface area contributed by atoms with Gasteiger partial charge in [0.05, 0.1) is 19.7 Å². The van der Waals surface area contributed by atoms with Crippen LogP contribution in [0.4, 0.5) is 5.69 Å². The molecule has 7 heteroatoms. The summed E-state index contributed by atoms with van der Waals surface area (Å²) in [6.45, 7) is 5.46. The molecule has 0 radical (unpaired) electrons. The van der Waals surface area contributed by atoms with Gasteiger partial charge in [0.15, 0.2) is 0 Å². The number of carbonyl (C=O) groups excluding carboxylic acids is 2. The summed E-state index contributed by atoms with van der Waals surface area (Å²) in [5.74, 6) is 0.380. The van der Waals surface area contributed by atoms with E-state index in [1.807, 2.05) is 26.8 Å². The maximum absolute atomic E-state index is 12.0. The lowest BCUT2D eigenvalue weighted by atomic mass is 9.92. The highest BCUT2D eigenvalue weighted by Gasteiger charge is 2.21. The zero-order valence-corrected chi connectivity index (χ0v) is 14.2. The van der Waals surface area contributed by atoms with Crippen LogP contribution in [0.5, 0.6) is 5.75 Å². The van der Waals surface area contributed by atoms with Gasteiger partial charge in [-0.05, 0) is 51.0 Å². The molecule has 0 aliphatic carbocycles. The fourth-order valence-electron chi connectivity index (χ4n) is 2.24. The lowest BCUT2D eigenvalue weighted by Crippen LogP contribution is -2.38. The molecule has 1 rings (SSSR count). The minimum Gasteiger partial charge on any atom is -0.496 e. The number of esters is 1. The summed E-state index contributed by atoms with van der Waals surface area (Å²) in [4.78, 5) is 22.7. The highest BCUT2D eigenvalue weighted by molar-refractivity contribution is 6.64. The van der Waals surface area contributed by atoms with Gasteiger partial charge < -0.3 is 25.2 Å². The first-order valence-electron chi connectivity index (χ1n) is 7.56. The molecule has 0 aliphatic rings. The van der Waals surface area contributed by atoms with Gasteiger partial charge in [-0.15, -0.1) is 0 Å². The van der Waals surface area contributed by atoms with Crippen LogP contribution >= 0.6 is 0 Å². The Hall–Kier alpha value is -2.02. The van der Waals surface area contributed by atoms with Gasteiger partial charge in [-0.2, -0.15) is 0 Å². The molecule has 0 unspecified atom stereocenters. The molecular formula is C16H25BN2O4. The summed E-state index contributed by atoms with van der Waals surface area (Å²) < 4.78 is 10.7. The SMILES string of the molecule is COc1ccc(N)cc1C[C@@H](CC(=O)OC(C)(C)C)NBC=O. The number of nitrogens with one attached hydrogen (secondary N) is 1. The standard InChI is InChI=1S/C16H25BN2O4/c1-16(2,3)23-15(21)9-13(19-17-10-20)8-11-7-12(18)5-6-14(11)22-4/h5-7,10,13,17,19H,8-9,18H2,1-4H3/t13-/m0/s1. The zero-order valence-electron chi connectivity index (χ0n) is 14.2. The van der Waals surface area contributed by atoms with E-state index in [-0.39, 0.29) is 25.8 Å². The molecule has 0 aliphatic heterocycles. The summed E-state index contributed by atoms with van der Waals surface area (Å²) in [6.07, 6.45) is 1.42. The van der Waals surface area contributed by atoms with Crippen LogP contribution in [0, 0.1) is 0 Å². The van der Waals surface area contributed by atoms with Crippen molar-refractivity contribution in [3.8, 4) is 5.75 Å². The number of ether oxygens (including phenoxy) is 2. The number of nitrogens with two attached hydrogens (primary N) is 1. The second kappa shape index (κ2) is 8.57. The van der Waals surface area contributed by atoms with Crippen molar-refractivity contribution in [2.45, 2.75) is 45.3 Å².